The SMILES string of the molecule is COc1cccc2c3c(c(=O)[nH]c12)[C@@H](C)c1ccccc1-3. The average molecular weight is 277 g/mol. The summed E-state index contributed by atoms with van der Waals surface area (Å²) in [7, 11) is 1.62. The molecule has 0 fully saturated rings. The fourth-order valence-corrected chi connectivity index (χ4v) is 3.44. The molecule has 0 spiro atoms. The summed E-state index contributed by atoms with van der Waals surface area (Å²) >= 11 is 0. The maximum atomic E-state index is 12.6. The van der Waals surface area contributed by atoms with E-state index in [9.17, 15) is 4.79 Å². The van der Waals surface area contributed by atoms with E-state index in [0.717, 1.165) is 27.6 Å². The van der Waals surface area contributed by atoms with Gasteiger partial charge < -0.3 is 9.72 Å². The first-order valence-corrected chi connectivity index (χ1v) is 7.04. The van der Waals surface area contributed by atoms with Crippen LogP contribution in [0.5, 0.6) is 5.75 Å². The van der Waals surface area contributed by atoms with Crippen LogP contribution in [0.4, 0.5) is 0 Å². The second-order valence-electron chi connectivity index (χ2n) is 5.43. The van der Waals surface area contributed by atoms with Crippen molar-refractivity contribution >= 4 is 10.9 Å². The number of nitrogens with one attached hydrogen (secondary N) is 1. The average Bonchev–Trinajstić information content (AvgIpc) is 2.82. The highest BCUT2D eigenvalue weighted by Gasteiger charge is 2.30. The molecule has 1 aromatic heterocycles. The first-order valence-electron chi connectivity index (χ1n) is 7.04. The largest absolute Gasteiger partial charge is 0.495 e. The predicted octanol–water partition coefficient (Wildman–Crippen LogP) is 3.67. The Labute approximate surface area is 122 Å². The van der Waals surface area contributed by atoms with Crippen LogP contribution in [-0.2, 0) is 0 Å². The van der Waals surface area contributed by atoms with Crippen LogP contribution in [0.25, 0.3) is 22.0 Å². The molecule has 0 unspecified atom stereocenters. The van der Waals surface area contributed by atoms with E-state index in [2.05, 4.69) is 24.0 Å². The van der Waals surface area contributed by atoms with Crippen molar-refractivity contribution < 1.29 is 4.74 Å². The Kier molecular flexibility index (Phi) is 2.45. The van der Waals surface area contributed by atoms with E-state index in [0.29, 0.717) is 5.75 Å². The maximum Gasteiger partial charge on any atom is 0.252 e. The Morgan fingerprint density at radius 2 is 1.90 bits per heavy atom. The van der Waals surface area contributed by atoms with Crippen LogP contribution < -0.4 is 10.3 Å². The Morgan fingerprint density at radius 3 is 2.71 bits per heavy atom. The molecule has 2 aromatic carbocycles. The standard InChI is InChI=1S/C18H15NO2/c1-10-11-6-3-4-7-12(11)16-13-8-5-9-14(21-2)17(13)19-18(20)15(10)16/h3-10H,1-2H3,(H,19,20)/t10-/m0/s1. The van der Waals surface area contributed by atoms with Crippen molar-refractivity contribution in [3.05, 3.63) is 63.9 Å². The van der Waals surface area contributed by atoms with Gasteiger partial charge in [0.1, 0.15) is 5.75 Å². The zero-order valence-electron chi connectivity index (χ0n) is 11.9. The molecule has 3 nitrogen and oxygen atoms in total. The summed E-state index contributed by atoms with van der Waals surface area (Å²) in [6.07, 6.45) is 0. The van der Waals surface area contributed by atoms with E-state index in [1.165, 1.54) is 5.56 Å². The molecule has 0 aliphatic heterocycles. The number of benzene rings is 2. The quantitative estimate of drug-likeness (QED) is 0.737. The van der Waals surface area contributed by atoms with Gasteiger partial charge in [-0.05, 0) is 17.2 Å². The van der Waals surface area contributed by atoms with Crippen molar-refractivity contribution in [2.75, 3.05) is 7.11 Å². The lowest BCUT2D eigenvalue weighted by atomic mass is 9.99. The third kappa shape index (κ3) is 1.51. The van der Waals surface area contributed by atoms with E-state index in [4.69, 9.17) is 4.74 Å². The van der Waals surface area contributed by atoms with Gasteiger partial charge in [0.2, 0.25) is 0 Å². The summed E-state index contributed by atoms with van der Waals surface area (Å²) in [5.74, 6) is 0.819. The van der Waals surface area contributed by atoms with Crippen molar-refractivity contribution in [3.8, 4) is 16.9 Å². The topological polar surface area (TPSA) is 42.1 Å². The van der Waals surface area contributed by atoms with Crippen LogP contribution >= 0.6 is 0 Å². The first kappa shape index (κ1) is 12.2. The number of aromatic amines is 1. The van der Waals surface area contributed by atoms with Crippen molar-refractivity contribution in [1.29, 1.82) is 0 Å². The van der Waals surface area contributed by atoms with E-state index in [1.807, 2.05) is 30.3 Å². The molecule has 104 valence electrons. The minimum atomic E-state index is -0.0225. The molecular formula is C18H15NO2. The van der Waals surface area contributed by atoms with Crippen molar-refractivity contribution in [1.82, 2.24) is 4.98 Å². The molecule has 21 heavy (non-hydrogen) atoms. The van der Waals surface area contributed by atoms with Crippen LogP contribution in [0.15, 0.2) is 47.3 Å². The van der Waals surface area contributed by atoms with Crippen LogP contribution in [0.2, 0.25) is 0 Å². The Balaban J connectivity index is 2.22. The van der Waals surface area contributed by atoms with Gasteiger partial charge in [0, 0.05) is 22.4 Å². The number of aromatic nitrogens is 1. The molecular weight excluding hydrogens is 262 g/mol. The Hall–Kier alpha value is -2.55. The van der Waals surface area contributed by atoms with Gasteiger partial charge >= 0.3 is 0 Å². The smallest absolute Gasteiger partial charge is 0.252 e. The highest BCUT2D eigenvalue weighted by Crippen LogP contribution is 2.46. The number of rotatable bonds is 1. The molecule has 3 heteroatoms. The molecule has 1 N–H and O–H groups in total. The van der Waals surface area contributed by atoms with Gasteiger partial charge in [-0.25, -0.2) is 0 Å². The van der Waals surface area contributed by atoms with Crippen molar-refractivity contribution in [2.45, 2.75) is 12.8 Å². The van der Waals surface area contributed by atoms with E-state index in [-0.39, 0.29) is 11.5 Å². The monoisotopic (exact) mass is 277 g/mol. The third-order valence-corrected chi connectivity index (χ3v) is 4.40. The zero-order chi connectivity index (χ0) is 14.6. The lowest BCUT2D eigenvalue weighted by Gasteiger charge is -2.10. The number of pyridine rings is 1. The van der Waals surface area contributed by atoms with Gasteiger partial charge in [0.25, 0.3) is 5.56 Å². The van der Waals surface area contributed by atoms with E-state index < -0.39 is 0 Å². The number of hydrogen-bond donors (Lipinski definition) is 1. The Bertz CT molecular complexity index is 924. The second-order valence-corrected chi connectivity index (χ2v) is 5.43. The molecule has 0 saturated heterocycles. The van der Waals surface area contributed by atoms with Gasteiger partial charge in [0.05, 0.1) is 12.6 Å². The number of methoxy groups -OCH3 is 1. The van der Waals surface area contributed by atoms with Gasteiger partial charge in [-0.2, -0.15) is 0 Å². The first-order chi connectivity index (χ1) is 10.2. The molecule has 1 atom stereocenters. The number of hydrogen-bond acceptors (Lipinski definition) is 2. The van der Waals surface area contributed by atoms with E-state index >= 15 is 0 Å². The fourth-order valence-electron chi connectivity index (χ4n) is 3.44. The third-order valence-electron chi connectivity index (χ3n) is 4.40. The van der Waals surface area contributed by atoms with Gasteiger partial charge in [0.15, 0.2) is 0 Å². The highest BCUT2D eigenvalue weighted by molar-refractivity contribution is 6.01. The molecule has 0 saturated carbocycles. The molecule has 1 aliphatic carbocycles. The summed E-state index contributed by atoms with van der Waals surface area (Å²) in [6.45, 7) is 2.09. The number of H-pyrrole nitrogens is 1. The molecule has 3 aromatic rings. The summed E-state index contributed by atoms with van der Waals surface area (Å²) in [5, 5.41) is 1.04. The lowest BCUT2D eigenvalue weighted by Crippen LogP contribution is -2.14. The summed E-state index contributed by atoms with van der Waals surface area (Å²) < 4.78 is 5.39. The molecule has 4 rings (SSSR count). The van der Waals surface area contributed by atoms with Crippen LogP contribution in [0, 0.1) is 0 Å². The van der Waals surface area contributed by atoms with Crippen LogP contribution in [0.3, 0.4) is 0 Å². The zero-order valence-corrected chi connectivity index (χ0v) is 11.9. The van der Waals surface area contributed by atoms with Gasteiger partial charge in [-0.1, -0.05) is 43.3 Å². The molecule has 0 bridgehead atoms. The number of para-hydroxylation sites is 1. The molecule has 1 heterocycles. The minimum Gasteiger partial charge on any atom is -0.495 e. The maximum absolute atomic E-state index is 12.6. The van der Waals surface area contributed by atoms with Crippen molar-refractivity contribution in [2.24, 2.45) is 0 Å². The summed E-state index contributed by atoms with van der Waals surface area (Å²) in [4.78, 5) is 15.6. The van der Waals surface area contributed by atoms with Crippen molar-refractivity contribution in [3.63, 3.8) is 0 Å². The van der Waals surface area contributed by atoms with Gasteiger partial charge in [-0.3, -0.25) is 4.79 Å². The molecule has 0 radical (unpaired) electrons. The predicted molar refractivity (Wildman–Crippen MR) is 84.1 cm³/mol. The van der Waals surface area contributed by atoms with Gasteiger partial charge in [-0.15, -0.1) is 0 Å². The summed E-state index contributed by atoms with van der Waals surface area (Å²) in [6, 6.07) is 14.1. The lowest BCUT2D eigenvalue weighted by molar-refractivity contribution is 0.419. The number of ether oxygens (including phenoxy) is 1. The second kappa shape index (κ2) is 4.22. The molecule has 1 aliphatic rings. The highest BCUT2D eigenvalue weighted by atomic mass is 16.5. The normalized spacial score (nSPS) is 15.8. The minimum absolute atomic E-state index is 0.0225. The van der Waals surface area contributed by atoms with E-state index in [1.54, 1.807) is 7.11 Å². The summed E-state index contributed by atoms with van der Waals surface area (Å²) in [5.41, 5.74) is 5.03. The molecule has 0 amide bonds. The Morgan fingerprint density at radius 1 is 1.10 bits per heavy atom. The van der Waals surface area contributed by atoms with Crippen LogP contribution in [0.1, 0.15) is 24.0 Å². The van der Waals surface area contributed by atoms with Crippen LogP contribution in [-0.4, -0.2) is 12.1 Å². The number of fused-ring (bicyclic) bond motifs is 5. The fraction of sp³-hybridized carbons (Fsp3) is 0.167.